The molecule has 0 aromatic carbocycles. The van der Waals surface area contributed by atoms with E-state index in [2.05, 4.69) is 31.0 Å². The lowest BCUT2D eigenvalue weighted by Gasteiger charge is -2.34. The fraction of sp³-hybridized carbons (Fsp3) is 0.923. The molecule has 1 rings (SSSR count). The third-order valence-electron chi connectivity index (χ3n) is 3.43. The highest BCUT2D eigenvalue weighted by Crippen LogP contribution is 2.17. The molecule has 0 aliphatic carbocycles. The molecule has 0 bridgehead atoms. The molecule has 1 heterocycles. The summed E-state index contributed by atoms with van der Waals surface area (Å²) >= 11 is 0. The summed E-state index contributed by atoms with van der Waals surface area (Å²) in [5.74, 6) is 1.53. The molecule has 1 amide bonds. The zero-order valence-corrected chi connectivity index (χ0v) is 11.1. The number of carbonyl (C=O) groups excluding carboxylic acids is 1. The monoisotopic (exact) mass is 226 g/mol. The summed E-state index contributed by atoms with van der Waals surface area (Å²) in [6, 6.07) is 0.0336. The van der Waals surface area contributed by atoms with Crippen molar-refractivity contribution >= 4 is 5.91 Å². The molecule has 1 fully saturated rings. The van der Waals surface area contributed by atoms with Gasteiger partial charge in [-0.05, 0) is 44.7 Å². The topological polar surface area (TPSA) is 32.3 Å². The molecule has 0 saturated carbocycles. The van der Waals surface area contributed by atoms with E-state index in [-0.39, 0.29) is 11.9 Å². The van der Waals surface area contributed by atoms with Gasteiger partial charge in [0.2, 0.25) is 5.91 Å². The van der Waals surface area contributed by atoms with Crippen LogP contribution in [0.1, 0.15) is 40.5 Å². The van der Waals surface area contributed by atoms with Crippen LogP contribution in [0.5, 0.6) is 0 Å². The minimum absolute atomic E-state index is 0.0336. The molecule has 16 heavy (non-hydrogen) atoms. The van der Waals surface area contributed by atoms with Gasteiger partial charge in [0.1, 0.15) is 0 Å². The van der Waals surface area contributed by atoms with E-state index in [4.69, 9.17) is 0 Å². The molecule has 1 unspecified atom stereocenters. The van der Waals surface area contributed by atoms with Crippen molar-refractivity contribution in [3.8, 4) is 0 Å². The highest BCUT2D eigenvalue weighted by molar-refractivity contribution is 5.81. The second-order valence-electron chi connectivity index (χ2n) is 5.53. The summed E-state index contributed by atoms with van der Waals surface area (Å²) < 4.78 is 0. The van der Waals surface area contributed by atoms with Gasteiger partial charge in [-0.3, -0.25) is 9.69 Å². The Balaban J connectivity index is 2.32. The lowest BCUT2D eigenvalue weighted by Crippen LogP contribution is -2.48. The largest absolute Gasteiger partial charge is 0.354 e. The van der Waals surface area contributed by atoms with E-state index < -0.39 is 0 Å². The average Bonchev–Trinajstić information content (AvgIpc) is 2.26. The van der Waals surface area contributed by atoms with Crippen LogP contribution in [0.2, 0.25) is 0 Å². The third-order valence-corrected chi connectivity index (χ3v) is 3.43. The van der Waals surface area contributed by atoms with E-state index in [0.29, 0.717) is 5.92 Å². The third kappa shape index (κ3) is 4.12. The normalized spacial score (nSPS) is 21.1. The molecule has 3 nitrogen and oxygen atoms in total. The van der Waals surface area contributed by atoms with Gasteiger partial charge in [0, 0.05) is 6.54 Å². The summed E-state index contributed by atoms with van der Waals surface area (Å²) in [7, 11) is 0. The maximum atomic E-state index is 11.9. The molecule has 0 aromatic heterocycles. The Labute approximate surface area is 99.6 Å². The number of piperidine rings is 1. The van der Waals surface area contributed by atoms with E-state index in [9.17, 15) is 4.79 Å². The molecular formula is C13H26N2O. The molecule has 1 atom stereocenters. The number of carbonyl (C=O) groups is 1. The summed E-state index contributed by atoms with van der Waals surface area (Å²) in [5, 5.41) is 3.01. The molecule has 0 radical (unpaired) electrons. The average molecular weight is 226 g/mol. The molecule has 1 saturated heterocycles. The van der Waals surface area contributed by atoms with Crippen molar-refractivity contribution in [2.24, 2.45) is 11.8 Å². The van der Waals surface area contributed by atoms with Gasteiger partial charge in [-0.1, -0.05) is 20.8 Å². The van der Waals surface area contributed by atoms with Crippen LogP contribution >= 0.6 is 0 Å². The Bertz CT molecular complexity index is 220. The molecule has 3 heteroatoms. The summed E-state index contributed by atoms with van der Waals surface area (Å²) in [6.45, 7) is 11.5. The van der Waals surface area contributed by atoms with Crippen molar-refractivity contribution in [1.29, 1.82) is 0 Å². The first-order chi connectivity index (χ1) is 7.50. The Hall–Kier alpha value is -0.570. The second kappa shape index (κ2) is 6.24. The predicted molar refractivity (Wildman–Crippen MR) is 67.3 cm³/mol. The fourth-order valence-electron chi connectivity index (χ4n) is 2.03. The summed E-state index contributed by atoms with van der Waals surface area (Å²) in [5.41, 5.74) is 0. The molecular weight excluding hydrogens is 200 g/mol. The molecule has 1 aliphatic rings. The number of hydrogen-bond donors (Lipinski definition) is 1. The first-order valence-corrected chi connectivity index (χ1v) is 6.52. The molecule has 94 valence electrons. The predicted octanol–water partition coefficient (Wildman–Crippen LogP) is 1.88. The van der Waals surface area contributed by atoms with Gasteiger partial charge in [-0.15, -0.1) is 0 Å². The quantitative estimate of drug-likeness (QED) is 0.794. The minimum atomic E-state index is 0.0336. The smallest absolute Gasteiger partial charge is 0.237 e. The number of nitrogens with zero attached hydrogens (tertiary/aromatic N) is 1. The zero-order chi connectivity index (χ0) is 12.1. The summed E-state index contributed by atoms with van der Waals surface area (Å²) in [6.07, 6.45) is 2.45. The number of likely N-dealkylation sites (tertiary alicyclic amines) is 1. The zero-order valence-electron chi connectivity index (χ0n) is 11.1. The Morgan fingerprint density at radius 1 is 1.31 bits per heavy atom. The van der Waals surface area contributed by atoms with E-state index in [1.165, 1.54) is 12.8 Å². The van der Waals surface area contributed by atoms with Gasteiger partial charge in [0.25, 0.3) is 0 Å². The van der Waals surface area contributed by atoms with Crippen LogP contribution in [-0.2, 0) is 4.79 Å². The lowest BCUT2D eigenvalue weighted by molar-refractivity contribution is -0.126. The molecule has 0 spiro atoms. The second-order valence-corrected chi connectivity index (χ2v) is 5.53. The SMILES string of the molecule is CC(C)CNC(=O)C(C)N1CCC(C)CC1. The van der Waals surface area contributed by atoms with Crippen molar-refractivity contribution in [2.75, 3.05) is 19.6 Å². The van der Waals surface area contributed by atoms with Crippen LogP contribution in [0.15, 0.2) is 0 Å². The molecule has 0 aromatic rings. The van der Waals surface area contributed by atoms with Crippen LogP contribution in [-0.4, -0.2) is 36.5 Å². The van der Waals surface area contributed by atoms with Crippen molar-refractivity contribution in [3.63, 3.8) is 0 Å². The minimum Gasteiger partial charge on any atom is -0.354 e. The van der Waals surface area contributed by atoms with Gasteiger partial charge in [0.05, 0.1) is 6.04 Å². The van der Waals surface area contributed by atoms with E-state index in [0.717, 1.165) is 25.6 Å². The number of nitrogens with one attached hydrogen (secondary N) is 1. The van der Waals surface area contributed by atoms with E-state index in [1.54, 1.807) is 0 Å². The van der Waals surface area contributed by atoms with Crippen molar-refractivity contribution in [2.45, 2.75) is 46.6 Å². The Morgan fingerprint density at radius 2 is 1.88 bits per heavy atom. The molecule has 1 N–H and O–H groups in total. The van der Waals surface area contributed by atoms with Crippen LogP contribution in [0.25, 0.3) is 0 Å². The van der Waals surface area contributed by atoms with Gasteiger partial charge >= 0.3 is 0 Å². The summed E-state index contributed by atoms with van der Waals surface area (Å²) in [4.78, 5) is 14.2. The number of amides is 1. The van der Waals surface area contributed by atoms with Gasteiger partial charge in [0.15, 0.2) is 0 Å². The van der Waals surface area contributed by atoms with Crippen molar-refractivity contribution in [3.05, 3.63) is 0 Å². The van der Waals surface area contributed by atoms with Crippen molar-refractivity contribution < 1.29 is 4.79 Å². The molecule has 1 aliphatic heterocycles. The fourth-order valence-corrected chi connectivity index (χ4v) is 2.03. The van der Waals surface area contributed by atoms with E-state index >= 15 is 0 Å². The standard InChI is InChI=1S/C13H26N2O/c1-10(2)9-14-13(16)12(4)15-7-5-11(3)6-8-15/h10-12H,5-9H2,1-4H3,(H,14,16). The van der Waals surface area contributed by atoms with Gasteiger partial charge in [-0.25, -0.2) is 0 Å². The van der Waals surface area contributed by atoms with Crippen molar-refractivity contribution in [1.82, 2.24) is 10.2 Å². The van der Waals surface area contributed by atoms with Crippen LogP contribution in [0.3, 0.4) is 0 Å². The van der Waals surface area contributed by atoms with Crippen LogP contribution in [0.4, 0.5) is 0 Å². The van der Waals surface area contributed by atoms with Gasteiger partial charge < -0.3 is 5.32 Å². The van der Waals surface area contributed by atoms with Crippen LogP contribution < -0.4 is 5.32 Å². The lowest BCUT2D eigenvalue weighted by atomic mass is 9.98. The Morgan fingerprint density at radius 3 is 2.38 bits per heavy atom. The van der Waals surface area contributed by atoms with Gasteiger partial charge in [-0.2, -0.15) is 0 Å². The maximum Gasteiger partial charge on any atom is 0.237 e. The Kier molecular flexibility index (Phi) is 5.26. The van der Waals surface area contributed by atoms with E-state index in [1.807, 2.05) is 6.92 Å². The number of rotatable bonds is 4. The highest BCUT2D eigenvalue weighted by Gasteiger charge is 2.24. The first-order valence-electron chi connectivity index (χ1n) is 6.52. The maximum absolute atomic E-state index is 11.9. The first kappa shape index (κ1) is 13.5. The van der Waals surface area contributed by atoms with Crippen LogP contribution in [0, 0.1) is 11.8 Å². The number of hydrogen-bond acceptors (Lipinski definition) is 2. The highest BCUT2D eigenvalue weighted by atomic mass is 16.2.